The molecule has 2 aromatic rings. The van der Waals surface area contributed by atoms with E-state index in [1.165, 1.54) is 5.56 Å². The molecule has 176 valence electrons. The average Bonchev–Trinajstić information content (AvgIpc) is 2.82. The molecule has 1 amide bonds. The molecule has 0 saturated carbocycles. The van der Waals surface area contributed by atoms with Gasteiger partial charge in [0.05, 0.1) is 12.6 Å². The first-order valence-corrected chi connectivity index (χ1v) is 11.6. The zero-order valence-electron chi connectivity index (χ0n) is 20.0. The number of hydrogen-bond acceptors (Lipinski definition) is 6. The van der Waals surface area contributed by atoms with Gasteiger partial charge in [0.15, 0.2) is 0 Å². The lowest BCUT2D eigenvalue weighted by Crippen LogP contribution is -2.49. The van der Waals surface area contributed by atoms with Gasteiger partial charge in [0.1, 0.15) is 11.7 Å². The number of aromatic nitrogens is 2. The van der Waals surface area contributed by atoms with Crippen LogP contribution in [0.4, 0.5) is 0 Å². The lowest BCUT2D eigenvalue weighted by molar-refractivity contribution is 0.0325. The molecule has 0 fully saturated rings. The van der Waals surface area contributed by atoms with Crippen molar-refractivity contribution in [3.63, 3.8) is 0 Å². The highest BCUT2D eigenvalue weighted by molar-refractivity contribution is 5.97. The average molecular weight is 451 g/mol. The Morgan fingerprint density at radius 2 is 2.12 bits per heavy atom. The van der Waals surface area contributed by atoms with Crippen molar-refractivity contribution in [2.75, 3.05) is 26.7 Å². The lowest BCUT2D eigenvalue weighted by Gasteiger charge is -2.37. The van der Waals surface area contributed by atoms with Crippen LogP contribution in [-0.4, -0.2) is 69.7 Å². The largest absolute Gasteiger partial charge is 0.472 e. The van der Waals surface area contributed by atoms with E-state index in [1.807, 2.05) is 19.1 Å². The molecule has 0 aliphatic carbocycles. The van der Waals surface area contributed by atoms with E-state index in [-0.39, 0.29) is 30.6 Å². The third-order valence-corrected chi connectivity index (χ3v) is 5.82. The number of hydrogen-bond donors (Lipinski definition) is 1. The quantitative estimate of drug-likeness (QED) is 0.654. The van der Waals surface area contributed by atoms with Crippen LogP contribution < -0.4 is 4.74 Å². The van der Waals surface area contributed by atoms with Crippen molar-refractivity contribution in [3.05, 3.63) is 53.5 Å². The molecular formula is C26H34N4O3. The number of ether oxygens (including phenoxy) is 1. The molecule has 7 heteroatoms. The van der Waals surface area contributed by atoms with Crippen LogP contribution in [0, 0.1) is 17.8 Å². The van der Waals surface area contributed by atoms with Crippen LogP contribution in [-0.2, 0) is 6.54 Å². The molecule has 2 aromatic heterocycles. The van der Waals surface area contributed by atoms with E-state index in [9.17, 15) is 9.90 Å². The summed E-state index contributed by atoms with van der Waals surface area (Å²) < 4.78 is 6.35. The number of aliphatic hydroxyl groups is 1. The van der Waals surface area contributed by atoms with E-state index in [2.05, 4.69) is 47.6 Å². The summed E-state index contributed by atoms with van der Waals surface area (Å²) >= 11 is 0. The van der Waals surface area contributed by atoms with Gasteiger partial charge in [-0.3, -0.25) is 14.7 Å². The normalized spacial score (nSPS) is 19.1. The molecule has 7 nitrogen and oxygen atoms in total. The third-order valence-electron chi connectivity index (χ3n) is 5.82. The van der Waals surface area contributed by atoms with Crippen molar-refractivity contribution >= 4 is 5.91 Å². The number of fused-ring (bicyclic) bond motifs is 1. The molecule has 3 atom stereocenters. The van der Waals surface area contributed by atoms with Gasteiger partial charge in [0, 0.05) is 56.1 Å². The molecule has 0 unspecified atom stereocenters. The summed E-state index contributed by atoms with van der Waals surface area (Å²) in [5.74, 6) is 6.37. The first-order valence-electron chi connectivity index (χ1n) is 11.6. The molecule has 0 aromatic carbocycles. The van der Waals surface area contributed by atoms with E-state index >= 15 is 0 Å². The number of likely N-dealkylation sites (N-methyl/N-ethyl adjacent to an activating group) is 1. The minimum absolute atomic E-state index is 0.0433. The van der Waals surface area contributed by atoms with Crippen LogP contribution >= 0.6 is 0 Å². The maximum Gasteiger partial charge on any atom is 0.259 e. The predicted molar refractivity (Wildman–Crippen MR) is 128 cm³/mol. The molecule has 0 spiro atoms. The van der Waals surface area contributed by atoms with Crippen LogP contribution in [0.25, 0.3) is 0 Å². The van der Waals surface area contributed by atoms with Gasteiger partial charge >= 0.3 is 0 Å². The molecule has 0 radical (unpaired) electrons. The first kappa shape index (κ1) is 24.7. The fourth-order valence-electron chi connectivity index (χ4n) is 3.85. The highest BCUT2D eigenvalue weighted by Gasteiger charge is 2.34. The molecule has 1 N–H and O–H groups in total. The predicted octanol–water partition coefficient (Wildman–Crippen LogP) is 2.98. The Labute approximate surface area is 196 Å². The summed E-state index contributed by atoms with van der Waals surface area (Å²) in [6.07, 6.45) is 6.83. The topological polar surface area (TPSA) is 78.8 Å². The summed E-state index contributed by atoms with van der Waals surface area (Å²) in [6, 6.07) is 5.45. The number of aliphatic hydroxyl groups excluding tert-OH is 1. The maximum absolute atomic E-state index is 13.4. The van der Waals surface area contributed by atoms with E-state index in [0.717, 1.165) is 19.4 Å². The number of carbonyl (C=O) groups excluding carboxylic acids is 1. The van der Waals surface area contributed by atoms with Crippen molar-refractivity contribution in [3.8, 4) is 17.7 Å². The number of rotatable bonds is 7. The SMILES string of the molecule is CCCC#Cc1cnc2c(c1)C(=O)N([C@H](C)CO)C[C@H](C)[C@@H](CN(C)Cc1ccncc1)O2. The van der Waals surface area contributed by atoms with Crippen LogP contribution in [0.2, 0.25) is 0 Å². The summed E-state index contributed by atoms with van der Waals surface area (Å²) in [5.41, 5.74) is 2.26. The summed E-state index contributed by atoms with van der Waals surface area (Å²) in [6.45, 7) is 7.81. The molecule has 0 bridgehead atoms. The first-order chi connectivity index (χ1) is 15.9. The second kappa shape index (κ2) is 11.8. The number of unbranched alkanes of at least 4 members (excludes halogenated alkanes) is 1. The van der Waals surface area contributed by atoms with Gasteiger partial charge in [-0.1, -0.05) is 25.7 Å². The van der Waals surface area contributed by atoms with Crippen molar-refractivity contribution < 1.29 is 14.6 Å². The van der Waals surface area contributed by atoms with Gasteiger partial charge in [-0.25, -0.2) is 4.98 Å². The minimum Gasteiger partial charge on any atom is -0.472 e. The number of pyridine rings is 2. The van der Waals surface area contributed by atoms with Gasteiger partial charge < -0.3 is 14.7 Å². The highest BCUT2D eigenvalue weighted by atomic mass is 16.5. The van der Waals surface area contributed by atoms with Gasteiger partial charge in [0.2, 0.25) is 5.88 Å². The third kappa shape index (κ3) is 6.53. The maximum atomic E-state index is 13.4. The van der Waals surface area contributed by atoms with Crippen LogP contribution in [0.1, 0.15) is 55.1 Å². The monoisotopic (exact) mass is 450 g/mol. The Morgan fingerprint density at radius 1 is 1.36 bits per heavy atom. The number of amides is 1. The van der Waals surface area contributed by atoms with Gasteiger partial charge in [-0.2, -0.15) is 0 Å². The molecule has 0 saturated heterocycles. The molecule has 1 aliphatic heterocycles. The highest BCUT2D eigenvalue weighted by Crippen LogP contribution is 2.27. The Kier molecular flexibility index (Phi) is 8.81. The van der Waals surface area contributed by atoms with Gasteiger partial charge in [-0.05, 0) is 44.2 Å². The Bertz CT molecular complexity index is 986. The van der Waals surface area contributed by atoms with Crippen molar-refractivity contribution in [1.82, 2.24) is 19.8 Å². The summed E-state index contributed by atoms with van der Waals surface area (Å²) in [5, 5.41) is 9.80. The zero-order valence-corrected chi connectivity index (χ0v) is 20.0. The van der Waals surface area contributed by atoms with Crippen molar-refractivity contribution in [2.45, 2.75) is 52.3 Å². The second-order valence-corrected chi connectivity index (χ2v) is 8.80. The van der Waals surface area contributed by atoms with E-state index in [4.69, 9.17) is 4.74 Å². The molecular weight excluding hydrogens is 416 g/mol. The van der Waals surface area contributed by atoms with Crippen LogP contribution in [0.15, 0.2) is 36.8 Å². The minimum atomic E-state index is -0.309. The number of carbonyl (C=O) groups is 1. The van der Waals surface area contributed by atoms with Crippen molar-refractivity contribution in [2.24, 2.45) is 5.92 Å². The van der Waals surface area contributed by atoms with E-state index in [1.54, 1.807) is 29.6 Å². The second-order valence-electron chi connectivity index (χ2n) is 8.80. The lowest BCUT2D eigenvalue weighted by atomic mass is 9.99. The fraction of sp³-hybridized carbons (Fsp3) is 0.500. The van der Waals surface area contributed by atoms with Crippen LogP contribution in [0.5, 0.6) is 5.88 Å². The summed E-state index contributed by atoms with van der Waals surface area (Å²) in [4.78, 5) is 25.9. The molecule has 3 heterocycles. The standard InChI is InChI=1S/C26H34N4O3/c1-5-6-7-8-22-13-23-25(28-14-22)33-24(17-29(4)16-21-9-11-27-12-10-21)19(2)15-30(26(23)32)20(3)18-31/h9-14,19-20,24,31H,5-6,15-18H2,1-4H3/t19-,20+,24+/m0/s1. The molecule has 3 rings (SSSR count). The van der Waals surface area contributed by atoms with Gasteiger partial charge in [-0.15, -0.1) is 0 Å². The van der Waals surface area contributed by atoms with Crippen molar-refractivity contribution in [1.29, 1.82) is 0 Å². The van der Waals surface area contributed by atoms with Gasteiger partial charge in [0.25, 0.3) is 5.91 Å². The Morgan fingerprint density at radius 3 is 2.82 bits per heavy atom. The molecule has 1 aliphatic rings. The Hall–Kier alpha value is -2.95. The zero-order chi connectivity index (χ0) is 23.8. The van der Waals surface area contributed by atoms with Crippen LogP contribution in [0.3, 0.4) is 0 Å². The number of nitrogens with zero attached hydrogens (tertiary/aromatic N) is 4. The Balaban J connectivity index is 1.89. The summed E-state index contributed by atoms with van der Waals surface area (Å²) in [7, 11) is 2.05. The van der Waals surface area contributed by atoms with E-state index in [0.29, 0.717) is 30.1 Å². The smallest absolute Gasteiger partial charge is 0.259 e. The fourth-order valence-corrected chi connectivity index (χ4v) is 3.85. The molecule has 33 heavy (non-hydrogen) atoms. The van der Waals surface area contributed by atoms with E-state index < -0.39 is 0 Å².